The van der Waals surface area contributed by atoms with Gasteiger partial charge in [0.2, 0.25) is 10.0 Å². The highest BCUT2D eigenvalue weighted by molar-refractivity contribution is 7.89. The van der Waals surface area contributed by atoms with Crippen molar-refractivity contribution in [2.24, 2.45) is 0 Å². The third-order valence-corrected chi connectivity index (χ3v) is 8.57. The first-order valence-corrected chi connectivity index (χ1v) is 13.0. The SMILES string of the molecule is CCC(C)c1ccc(S(=O)(=O)N2CCN(Cn3nc(C4CC4)cc(C(F)(F)F)c3=O)CC2)cc1. The first-order chi connectivity index (χ1) is 16.0. The van der Waals surface area contributed by atoms with Gasteiger partial charge in [0.15, 0.2) is 0 Å². The van der Waals surface area contributed by atoms with Gasteiger partial charge in [0.05, 0.1) is 17.3 Å². The Morgan fingerprint density at radius 1 is 1.09 bits per heavy atom. The summed E-state index contributed by atoms with van der Waals surface area (Å²) in [7, 11) is -3.68. The maximum Gasteiger partial charge on any atom is 0.421 e. The number of alkyl halides is 3. The summed E-state index contributed by atoms with van der Waals surface area (Å²) in [5, 5.41) is 4.18. The summed E-state index contributed by atoms with van der Waals surface area (Å²) in [5.41, 5.74) is -1.01. The van der Waals surface area contributed by atoms with E-state index in [0.717, 1.165) is 35.6 Å². The van der Waals surface area contributed by atoms with Crippen LogP contribution in [0.2, 0.25) is 0 Å². The Balaban J connectivity index is 1.45. The summed E-state index contributed by atoms with van der Waals surface area (Å²) >= 11 is 0. The molecule has 1 aromatic carbocycles. The Bertz CT molecular complexity index is 1180. The fourth-order valence-electron chi connectivity index (χ4n) is 4.09. The van der Waals surface area contributed by atoms with Crippen LogP contribution in [0.5, 0.6) is 0 Å². The van der Waals surface area contributed by atoms with Crippen LogP contribution in [-0.4, -0.2) is 53.6 Å². The quantitative estimate of drug-likeness (QED) is 0.583. The average molecular weight is 499 g/mol. The number of aromatic nitrogens is 2. The van der Waals surface area contributed by atoms with E-state index < -0.39 is 27.3 Å². The lowest BCUT2D eigenvalue weighted by Gasteiger charge is -2.34. The predicted molar refractivity (Wildman–Crippen MR) is 121 cm³/mol. The van der Waals surface area contributed by atoms with Crippen LogP contribution in [0.1, 0.15) is 61.8 Å². The molecule has 4 rings (SSSR count). The Kier molecular flexibility index (Phi) is 6.90. The van der Waals surface area contributed by atoms with Crippen molar-refractivity contribution >= 4 is 10.0 Å². The highest BCUT2D eigenvalue weighted by atomic mass is 32.2. The second-order valence-electron chi connectivity index (χ2n) is 9.10. The van der Waals surface area contributed by atoms with Crippen LogP contribution in [0, 0.1) is 0 Å². The molecule has 186 valence electrons. The number of benzene rings is 1. The van der Waals surface area contributed by atoms with E-state index in [-0.39, 0.29) is 49.4 Å². The van der Waals surface area contributed by atoms with Gasteiger partial charge in [-0.05, 0) is 48.9 Å². The van der Waals surface area contributed by atoms with Gasteiger partial charge in [-0.15, -0.1) is 0 Å². The lowest BCUT2D eigenvalue weighted by Crippen LogP contribution is -2.50. The molecule has 2 fully saturated rings. The van der Waals surface area contributed by atoms with Gasteiger partial charge in [-0.3, -0.25) is 9.69 Å². The molecule has 0 spiro atoms. The van der Waals surface area contributed by atoms with E-state index in [1.54, 1.807) is 17.0 Å². The zero-order chi connectivity index (χ0) is 24.7. The third kappa shape index (κ3) is 5.21. The summed E-state index contributed by atoms with van der Waals surface area (Å²) in [6.45, 7) is 4.98. The molecular weight excluding hydrogens is 469 g/mol. The van der Waals surface area contributed by atoms with Crippen LogP contribution in [0.3, 0.4) is 0 Å². The zero-order valence-corrected chi connectivity index (χ0v) is 20.1. The van der Waals surface area contributed by atoms with Crippen LogP contribution in [0.25, 0.3) is 0 Å². The van der Waals surface area contributed by atoms with Gasteiger partial charge in [0.1, 0.15) is 5.56 Å². The summed E-state index contributed by atoms with van der Waals surface area (Å²) < 4.78 is 68.5. The molecule has 7 nitrogen and oxygen atoms in total. The van der Waals surface area contributed by atoms with Gasteiger partial charge in [-0.25, -0.2) is 13.1 Å². The topological polar surface area (TPSA) is 75.5 Å². The smallest absolute Gasteiger partial charge is 0.282 e. The first kappa shape index (κ1) is 24.9. The monoisotopic (exact) mass is 498 g/mol. The standard InChI is InChI=1S/C23H29F3N4O3S/c1-3-16(2)17-6-8-19(9-7-17)34(32,33)29-12-10-28(11-13-29)15-30-22(31)20(23(24,25)26)14-21(27-30)18-4-5-18/h6-9,14,16,18H,3-5,10-13,15H2,1-2H3. The van der Waals surface area contributed by atoms with Crippen molar-refractivity contribution in [1.29, 1.82) is 0 Å². The van der Waals surface area contributed by atoms with Crippen molar-refractivity contribution in [1.82, 2.24) is 19.0 Å². The van der Waals surface area contributed by atoms with Crippen molar-refractivity contribution in [2.75, 3.05) is 26.2 Å². The van der Waals surface area contributed by atoms with Gasteiger partial charge < -0.3 is 0 Å². The van der Waals surface area contributed by atoms with Crippen LogP contribution < -0.4 is 5.56 Å². The summed E-state index contributed by atoms with van der Waals surface area (Å²) in [4.78, 5) is 14.4. The summed E-state index contributed by atoms with van der Waals surface area (Å²) in [5.74, 6) is 0.301. The molecular formula is C23H29F3N4O3S. The summed E-state index contributed by atoms with van der Waals surface area (Å²) in [6.07, 6.45) is -2.27. The minimum atomic E-state index is -4.75. The van der Waals surface area contributed by atoms with Crippen molar-refractivity contribution in [3.05, 3.63) is 57.5 Å². The molecule has 1 aromatic heterocycles. The van der Waals surface area contributed by atoms with Gasteiger partial charge >= 0.3 is 6.18 Å². The van der Waals surface area contributed by atoms with E-state index in [1.165, 1.54) is 4.31 Å². The lowest BCUT2D eigenvalue weighted by molar-refractivity contribution is -0.139. The Morgan fingerprint density at radius 2 is 1.71 bits per heavy atom. The molecule has 2 aliphatic rings. The van der Waals surface area contributed by atoms with Gasteiger partial charge in [0.25, 0.3) is 5.56 Å². The maximum atomic E-state index is 13.4. The molecule has 1 unspecified atom stereocenters. The Morgan fingerprint density at radius 3 is 2.24 bits per heavy atom. The van der Waals surface area contributed by atoms with Crippen molar-refractivity contribution in [2.45, 2.75) is 62.7 Å². The third-order valence-electron chi connectivity index (χ3n) is 6.66. The molecule has 0 bridgehead atoms. The van der Waals surface area contributed by atoms with Crippen molar-refractivity contribution in [3.8, 4) is 0 Å². The molecule has 34 heavy (non-hydrogen) atoms. The van der Waals surface area contributed by atoms with Gasteiger partial charge in [-0.1, -0.05) is 26.0 Å². The van der Waals surface area contributed by atoms with E-state index in [0.29, 0.717) is 5.92 Å². The Labute approximate surface area is 197 Å². The molecule has 1 aliphatic carbocycles. The molecule has 1 saturated heterocycles. The Hall–Kier alpha value is -2.24. The van der Waals surface area contributed by atoms with Crippen LogP contribution in [0.15, 0.2) is 40.0 Å². The van der Waals surface area contributed by atoms with E-state index in [4.69, 9.17) is 0 Å². The molecule has 1 atom stereocenters. The molecule has 0 amide bonds. The number of piperazine rings is 1. The lowest BCUT2D eigenvalue weighted by atomic mass is 9.99. The van der Waals surface area contributed by atoms with Crippen LogP contribution >= 0.6 is 0 Å². The number of rotatable bonds is 7. The number of halogens is 3. The predicted octanol–water partition coefficient (Wildman–Crippen LogP) is 3.62. The van der Waals surface area contributed by atoms with Gasteiger partial charge in [-0.2, -0.15) is 22.6 Å². The fraction of sp³-hybridized carbons (Fsp3) is 0.565. The number of sulfonamides is 1. The van der Waals surface area contributed by atoms with Crippen LogP contribution in [0.4, 0.5) is 13.2 Å². The fourth-order valence-corrected chi connectivity index (χ4v) is 5.52. The van der Waals surface area contributed by atoms with E-state index >= 15 is 0 Å². The number of hydrogen-bond acceptors (Lipinski definition) is 5. The highest BCUT2D eigenvalue weighted by Gasteiger charge is 2.38. The maximum absolute atomic E-state index is 13.4. The normalized spacial score (nSPS) is 19.3. The minimum Gasteiger partial charge on any atom is -0.282 e. The molecule has 1 saturated carbocycles. The van der Waals surface area contributed by atoms with E-state index in [9.17, 15) is 26.4 Å². The highest BCUT2D eigenvalue weighted by Crippen LogP contribution is 2.40. The van der Waals surface area contributed by atoms with E-state index in [2.05, 4.69) is 18.9 Å². The number of hydrogen-bond donors (Lipinski definition) is 0. The second kappa shape index (κ2) is 9.43. The molecule has 0 N–H and O–H groups in total. The number of nitrogens with zero attached hydrogens (tertiary/aromatic N) is 4. The van der Waals surface area contributed by atoms with E-state index in [1.807, 2.05) is 12.1 Å². The molecule has 2 heterocycles. The van der Waals surface area contributed by atoms with Crippen LogP contribution in [-0.2, 0) is 22.9 Å². The second-order valence-corrected chi connectivity index (χ2v) is 11.0. The molecule has 2 aromatic rings. The largest absolute Gasteiger partial charge is 0.421 e. The first-order valence-electron chi connectivity index (χ1n) is 11.5. The van der Waals surface area contributed by atoms with Crippen molar-refractivity contribution in [3.63, 3.8) is 0 Å². The van der Waals surface area contributed by atoms with Crippen molar-refractivity contribution < 1.29 is 21.6 Å². The molecule has 11 heteroatoms. The molecule has 0 radical (unpaired) electrons. The minimum absolute atomic E-state index is 0.0401. The zero-order valence-electron chi connectivity index (χ0n) is 19.3. The molecule has 1 aliphatic heterocycles. The van der Waals surface area contributed by atoms with Gasteiger partial charge in [0, 0.05) is 32.1 Å². The summed E-state index contributed by atoms with van der Waals surface area (Å²) in [6, 6.07) is 7.78. The average Bonchev–Trinajstić information content (AvgIpc) is 3.65.